The van der Waals surface area contributed by atoms with Crippen LogP contribution in [0.25, 0.3) is 65.7 Å². The Morgan fingerprint density at radius 2 is 1.31 bits per heavy atom. The molecule has 0 spiro atoms. The molecule has 0 amide bonds. The van der Waals surface area contributed by atoms with Gasteiger partial charge < -0.3 is 9.73 Å². The summed E-state index contributed by atoms with van der Waals surface area (Å²) >= 11 is 0. The van der Waals surface area contributed by atoms with Gasteiger partial charge in [-0.25, -0.2) is 9.98 Å². The second kappa shape index (κ2) is 9.21. The van der Waals surface area contributed by atoms with Crippen LogP contribution in [-0.4, -0.2) is 16.7 Å². The molecule has 1 aliphatic heterocycles. The largest absolute Gasteiger partial charge is 0.454 e. The van der Waals surface area contributed by atoms with Crippen LogP contribution in [0.3, 0.4) is 0 Å². The van der Waals surface area contributed by atoms with Gasteiger partial charge in [0.05, 0.1) is 6.20 Å². The molecule has 6 aromatic carbocycles. The van der Waals surface area contributed by atoms with Gasteiger partial charge in [-0.1, -0.05) is 97.1 Å². The van der Waals surface area contributed by atoms with Gasteiger partial charge in [-0.3, -0.25) is 4.98 Å². The Labute approximate surface area is 258 Å². The van der Waals surface area contributed by atoms with Crippen LogP contribution in [0.15, 0.2) is 148 Å². The number of hydrogen-bond acceptors (Lipinski definition) is 5. The molecule has 2 aromatic heterocycles. The van der Waals surface area contributed by atoms with Crippen LogP contribution >= 0.6 is 0 Å². The van der Waals surface area contributed by atoms with Crippen LogP contribution in [0.5, 0.6) is 0 Å². The van der Waals surface area contributed by atoms with Crippen LogP contribution < -0.4 is 5.32 Å². The lowest BCUT2D eigenvalue weighted by atomic mass is 9.97. The molecule has 0 radical (unpaired) electrons. The third-order valence-corrected chi connectivity index (χ3v) is 9.18. The summed E-state index contributed by atoms with van der Waals surface area (Å²) in [7, 11) is 0. The number of aliphatic imine (C=N–C) groups is 2. The van der Waals surface area contributed by atoms with Crippen molar-refractivity contribution in [3.05, 3.63) is 150 Å². The topological polar surface area (TPSA) is 62.8 Å². The molecule has 45 heavy (non-hydrogen) atoms. The summed E-state index contributed by atoms with van der Waals surface area (Å²) in [6.07, 6.45) is 3.23. The number of nitrogens with one attached hydrogen (secondary N) is 1. The summed E-state index contributed by atoms with van der Waals surface area (Å²) in [6.45, 7) is 0. The van der Waals surface area contributed by atoms with E-state index in [1.807, 2.05) is 18.2 Å². The van der Waals surface area contributed by atoms with E-state index in [9.17, 15) is 0 Å². The molecule has 0 bridgehead atoms. The number of hydrogen-bond donors (Lipinski definition) is 1. The van der Waals surface area contributed by atoms with E-state index in [-0.39, 0.29) is 6.17 Å². The summed E-state index contributed by atoms with van der Waals surface area (Å²) in [4.78, 5) is 14.9. The predicted molar refractivity (Wildman–Crippen MR) is 183 cm³/mol. The number of benzene rings is 6. The van der Waals surface area contributed by atoms with E-state index in [4.69, 9.17) is 14.4 Å². The average molecular weight is 577 g/mol. The minimum atomic E-state index is -0.340. The van der Waals surface area contributed by atoms with Crippen LogP contribution in [0.1, 0.15) is 22.9 Å². The first-order valence-corrected chi connectivity index (χ1v) is 15.1. The number of rotatable bonds is 3. The normalized spacial score (nSPS) is 15.3. The van der Waals surface area contributed by atoms with Gasteiger partial charge in [-0.2, -0.15) is 0 Å². The molecule has 0 fully saturated rings. The highest BCUT2D eigenvalue weighted by Crippen LogP contribution is 2.48. The highest BCUT2D eigenvalue weighted by atomic mass is 16.3. The molecule has 210 valence electrons. The first kappa shape index (κ1) is 24.4. The van der Waals surface area contributed by atoms with Gasteiger partial charge in [0, 0.05) is 28.1 Å². The van der Waals surface area contributed by atoms with E-state index in [0.29, 0.717) is 5.84 Å². The van der Waals surface area contributed by atoms with Crippen molar-refractivity contribution in [3.8, 4) is 22.3 Å². The standard InChI is InChI=1S/C40H24N4O/c1-2-8-24-21-25(16-15-23(24)7-1)38-42-39(31-18-17-30-27-10-4-3-9-26(27)28-11-5-12-29(31)36(28)30)44-40(43-38)33-13-6-14-34-37(33)32-19-20-41-22-35(32)45-34/h1-22,38H,(H,42,43,44). The third-order valence-electron chi connectivity index (χ3n) is 9.18. The highest BCUT2D eigenvalue weighted by molar-refractivity contribution is 6.26. The summed E-state index contributed by atoms with van der Waals surface area (Å²) in [5.74, 6) is 1.46. The molecule has 10 rings (SSSR count). The molecule has 8 aromatic rings. The lowest BCUT2D eigenvalue weighted by Gasteiger charge is -2.25. The summed E-state index contributed by atoms with van der Waals surface area (Å²) in [5, 5.41) is 10.5. The van der Waals surface area contributed by atoms with Crippen molar-refractivity contribution in [3.63, 3.8) is 0 Å². The molecule has 1 aliphatic carbocycles. The van der Waals surface area contributed by atoms with Crippen LogP contribution in [0, 0.1) is 0 Å². The molecule has 1 N–H and O–H groups in total. The minimum absolute atomic E-state index is 0.340. The van der Waals surface area contributed by atoms with E-state index >= 15 is 0 Å². The average Bonchev–Trinajstić information content (AvgIpc) is 3.65. The molecule has 5 nitrogen and oxygen atoms in total. The second-order valence-corrected chi connectivity index (χ2v) is 11.7. The van der Waals surface area contributed by atoms with E-state index in [1.165, 1.54) is 38.4 Å². The predicted octanol–water partition coefficient (Wildman–Crippen LogP) is 9.43. The van der Waals surface area contributed by atoms with Gasteiger partial charge in [-0.05, 0) is 73.6 Å². The zero-order valence-corrected chi connectivity index (χ0v) is 24.0. The van der Waals surface area contributed by atoms with Crippen LogP contribution in [0.4, 0.5) is 0 Å². The second-order valence-electron chi connectivity index (χ2n) is 11.7. The molecule has 0 saturated heterocycles. The van der Waals surface area contributed by atoms with Gasteiger partial charge >= 0.3 is 0 Å². The molecule has 3 heterocycles. The Bertz CT molecular complexity index is 2560. The van der Waals surface area contributed by atoms with Gasteiger partial charge in [0.25, 0.3) is 0 Å². The molecule has 5 heteroatoms. The summed E-state index contributed by atoms with van der Waals surface area (Å²) in [6, 6.07) is 42.7. The summed E-state index contributed by atoms with van der Waals surface area (Å²) in [5.41, 5.74) is 9.67. The number of nitrogens with zero attached hydrogens (tertiary/aromatic N) is 3. The highest BCUT2D eigenvalue weighted by Gasteiger charge is 2.27. The smallest absolute Gasteiger partial charge is 0.160 e. The maximum Gasteiger partial charge on any atom is 0.160 e. The number of furan rings is 1. The molecule has 1 unspecified atom stereocenters. The van der Waals surface area contributed by atoms with Gasteiger partial charge in [0.15, 0.2) is 11.4 Å². The van der Waals surface area contributed by atoms with Crippen molar-refractivity contribution in [2.75, 3.05) is 0 Å². The number of aromatic nitrogens is 1. The first-order chi connectivity index (χ1) is 22.3. The Kier molecular flexibility index (Phi) is 4.99. The Hall–Kier alpha value is -6.07. The lowest BCUT2D eigenvalue weighted by molar-refractivity contribution is 0.666. The van der Waals surface area contributed by atoms with Crippen molar-refractivity contribution in [2.45, 2.75) is 6.17 Å². The van der Waals surface area contributed by atoms with Crippen molar-refractivity contribution >= 4 is 55.2 Å². The van der Waals surface area contributed by atoms with Crippen molar-refractivity contribution in [2.24, 2.45) is 9.98 Å². The fourth-order valence-electron chi connectivity index (χ4n) is 7.14. The Morgan fingerprint density at radius 3 is 2.22 bits per heavy atom. The molecule has 0 saturated carbocycles. The number of pyridine rings is 1. The van der Waals surface area contributed by atoms with Gasteiger partial charge in [0.1, 0.15) is 17.6 Å². The monoisotopic (exact) mass is 576 g/mol. The maximum absolute atomic E-state index is 6.20. The van der Waals surface area contributed by atoms with Gasteiger partial charge in [0.2, 0.25) is 0 Å². The minimum Gasteiger partial charge on any atom is -0.454 e. The first-order valence-electron chi connectivity index (χ1n) is 15.1. The number of amidine groups is 2. The summed E-state index contributed by atoms with van der Waals surface area (Å²) < 4.78 is 6.20. The zero-order valence-electron chi connectivity index (χ0n) is 24.0. The number of fused-ring (bicyclic) bond motifs is 7. The Morgan fingerprint density at radius 1 is 0.556 bits per heavy atom. The van der Waals surface area contributed by atoms with E-state index in [1.54, 1.807) is 12.4 Å². The zero-order chi connectivity index (χ0) is 29.5. The Balaban J connectivity index is 1.21. The van der Waals surface area contributed by atoms with Gasteiger partial charge in [-0.15, -0.1) is 0 Å². The molecule has 1 atom stereocenters. The van der Waals surface area contributed by atoms with Crippen molar-refractivity contribution in [1.82, 2.24) is 10.3 Å². The van der Waals surface area contributed by atoms with E-state index in [2.05, 4.69) is 113 Å². The molecular formula is C40H24N4O. The van der Waals surface area contributed by atoms with E-state index in [0.717, 1.165) is 49.9 Å². The fraction of sp³-hybridized carbons (Fsp3) is 0.0250. The lowest BCUT2D eigenvalue weighted by Crippen LogP contribution is -2.33. The van der Waals surface area contributed by atoms with Crippen molar-refractivity contribution in [1.29, 1.82) is 0 Å². The third kappa shape index (κ3) is 3.58. The van der Waals surface area contributed by atoms with Crippen molar-refractivity contribution < 1.29 is 4.42 Å². The molecular weight excluding hydrogens is 552 g/mol. The quantitative estimate of drug-likeness (QED) is 0.228. The fourth-order valence-corrected chi connectivity index (χ4v) is 7.14. The van der Waals surface area contributed by atoms with Crippen LogP contribution in [0.2, 0.25) is 0 Å². The maximum atomic E-state index is 6.20. The van der Waals surface area contributed by atoms with E-state index < -0.39 is 0 Å². The SMILES string of the molecule is c1ccc2c(c1)-c1cccc3c(C4=NC(c5ccc6ccccc6c5)NC(c5cccc6oc7cnccc7c56)=N4)ccc-2c13. The van der Waals surface area contributed by atoms with Crippen LogP contribution in [-0.2, 0) is 0 Å². The molecule has 2 aliphatic rings.